The van der Waals surface area contributed by atoms with Crippen LogP contribution in [0.25, 0.3) is 22.2 Å². The van der Waals surface area contributed by atoms with Gasteiger partial charge < -0.3 is 14.9 Å². The van der Waals surface area contributed by atoms with Crippen molar-refractivity contribution in [2.75, 3.05) is 19.6 Å². The van der Waals surface area contributed by atoms with Crippen molar-refractivity contribution in [3.05, 3.63) is 47.2 Å². The molecule has 0 spiro atoms. The molecule has 1 fully saturated rings. The van der Waals surface area contributed by atoms with Gasteiger partial charge in [-0.05, 0) is 25.1 Å². The highest BCUT2D eigenvalue weighted by molar-refractivity contribution is 6.35. The van der Waals surface area contributed by atoms with Crippen LogP contribution in [0, 0.1) is 0 Å². The molecule has 1 N–H and O–H groups in total. The molecule has 3 aromatic rings. The van der Waals surface area contributed by atoms with Crippen LogP contribution in [-0.4, -0.2) is 73.5 Å². The molecule has 0 radical (unpaired) electrons. The number of fused-ring (bicyclic) bond motifs is 1. The summed E-state index contributed by atoms with van der Waals surface area (Å²) in [5.41, 5.74) is 1.45. The summed E-state index contributed by atoms with van der Waals surface area (Å²) in [5, 5.41) is 13.9. The number of amides is 2. The van der Waals surface area contributed by atoms with Crippen LogP contribution in [0.5, 0.6) is 0 Å². The van der Waals surface area contributed by atoms with E-state index in [1.807, 2.05) is 0 Å². The first-order valence-corrected chi connectivity index (χ1v) is 10.4. The number of carboxylic acid groups (broad SMARTS) is 1. The number of hydrogen-bond donors (Lipinski definition) is 1. The first kappa shape index (κ1) is 22.8. The van der Waals surface area contributed by atoms with Crippen LogP contribution < -0.4 is 0 Å². The Labute approximate surface area is 191 Å². The number of halogens is 4. The van der Waals surface area contributed by atoms with Crippen LogP contribution in [0.3, 0.4) is 0 Å². The number of hydrogen-bond acceptors (Lipinski definition) is 4. The second kappa shape index (κ2) is 8.54. The maximum atomic E-state index is 13.0. The molecule has 3 heterocycles. The molecule has 8 nitrogen and oxygen atoms in total. The first-order chi connectivity index (χ1) is 15.5. The second-order valence-electron chi connectivity index (χ2n) is 7.84. The molecule has 1 aromatic carbocycles. The average Bonchev–Trinajstić information content (AvgIpc) is 3.19. The van der Waals surface area contributed by atoms with Gasteiger partial charge in [-0.3, -0.25) is 9.48 Å². The van der Waals surface area contributed by atoms with E-state index in [1.165, 1.54) is 23.4 Å². The molecule has 2 amide bonds. The Bertz CT molecular complexity index is 1230. The van der Waals surface area contributed by atoms with Crippen LogP contribution >= 0.6 is 11.6 Å². The lowest BCUT2D eigenvalue weighted by Gasteiger charge is -2.38. The molecule has 1 aliphatic rings. The SMILES string of the molecule is C[C@H]1CN(C(=O)c2ccc3c(Cl)cc(-c4cnn(CC(F)(F)F)c4)nc3c2)CCN1C(=O)O. The van der Waals surface area contributed by atoms with Gasteiger partial charge >= 0.3 is 12.3 Å². The number of rotatable bonds is 3. The molecule has 1 aliphatic heterocycles. The van der Waals surface area contributed by atoms with Gasteiger partial charge in [-0.2, -0.15) is 18.3 Å². The lowest BCUT2D eigenvalue weighted by Crippen LogP contribution is -2.55. The van der Waals surface area contributed by atoms with Crippen molar-refractivity contribution in [2.45, 2.75) is 25.7 Å². The van der Waals surface area contributed by atoms with Gasteiger partial charge in [0, 0.05) is 48.4 Å². The highest BCUT2D eigenvalue weighted by Crippen LogP contribution is 2.29. The third kappa shape index (κ3) is 4.87. The van der Waals surface area contributed by atoms with Crippen LogP contribution in [-0.2, 0) is 6.54 Å². The average molecular weight is 482 g/mol. The number of piperazine rings is 1. The summed E-state index contributed by atoms with van der Waals surface area (Å²) in [6.07, 6.45) is -2.92. The lowest BCUT2D eigenvalue weighted by atomic mass is 10.1. The van der Waals surface area contributed by atoms with Crippen LogP contribution in [0.1, 0.15) is 17.3 Å². The van der Waals surface area contributed by atoms with Crippen molar-refractivity contribution in [1.29, 1.82) is 0 Å². The van der Waals surface area contributed by atoms with Crippen molar-refractivity contribution >= 4 is 34.5 Å². The van der Waals surface area contributed by atoms with E-state index in [0.29, 0.717) is 32.7 Å². The molecular formula is C21H19ClF3N5O3. The molecule has 2 aromatic heterocycles. The molecule has 4 rings (SSSR count). The fourth-order valence-electron chi connectivity index (χ4n) is 3.84. The summed E-state index contributed by atoms with van der Waals surface area (Å²) in [6.45, 7) is 1.25. The van der Waals surface area contributed by atoms with E-state index in [2.05, 4.69) is 10.1 Å². The molecule has 0 unspecified atom stereocenters. The number of carbonyl (C=O) groups excluding carboxylic acids is 1. The van der Waals surface area contributed by atoms with Crippen molar-refractivity contribution in [3.63, 3.8) is 0 Å². The van der Waals surface area contributed by atoms with Crippen molar-refractivity contribution in [2.24, 2.45) is 0 Å². The summed E-state index contributed by atoms with van der Waals surface area (Å²) in [6, 6.07) is 6.04. The predicted octanol–water partition coefficient (Wildman–Crippen LogP) is 4.14. The van der Waals surface area contributed by atoms with Gasteiger partial charge in [0.15, 0.2) is 0 Å². The Morgan fingerprint density at radius 1 is 1.24 bits per heavy atom. The Kier molecular flexibility index (Phi) is 5.91. The molecule has 174 valence electrons. The molecule has 0 bridgehead atoms. The van der Waals surface area contributed by atoms with Gasteiger partial charge in [0.1, 0.15) is 6.54 Å². The third-order valence-corrected chi connectivity index (χ3v) is 5.75. The van der Waals surface area contributed by atoms with E-state index in [0.717, 1.165) is 4.68 Å². The minimum atomic E-state index is -4.40. The van der Waals surface area contributed by atoms with Crippen LogP contribution in [0.2, 0.25) is 5.02 Å². The number of carbonyl (C=O) groups is 2. The zero-order valence-electron chi connectivity index (χ0n) is 17.4. The van der Waals surface area contributed by atoms with Crippen molar-refractivity contribution in [3.8, 4) is 11.3 Å². The number of nitrogens with zero attached hydrogens (tertiary/aromatic N) is 5. The van der Waals surface area contributed by atoms with E-state index < -0.39 is 18.8 Å². The highest BCUT2D eigenvalue weighted by Gasteiger charge is 2.30. The minimum absolute atomic E-state index is 0.214. The zero-order valence-corrected chi connectivity index (χ0v) is 18.1. The second-order valence-corrected chi connectivity index (χ2v) is 8.25. The fraction of sp³-hybridized carbons (Fsp3) is 0.333. The molecule has 33 heavy (non-hydrogen) atoms. The molecule has 1 atom stereocenters. The summed E-state index contributed by atoms with van der Waals surface area (Å²) < 4.78 is 38.6. The van der Waals surface area contributed by atoms with E-state index in [9.17, 15) is 27.9 Å². The van der Waals surface area contributed by atoms with Crippen molar-refractivity contribution < 1.29 is 27.9 Å². The van der Waals surface area contributed by atoms with Gasteiger partial charge in [0.05, 0.1) is 22.4 Å². The normalized spacial score (nSPS) is 16.9. The van der Waals surface area contributed by atoms with E-state index in [-0.39, 0.29) is 31.6 Å². The molecule has 0 saturated carbocycles. The van der Waals surface area contributed by atoms with E-state index in [1.54, 1.807) is 30.0 Å². The molecule has 1 saturated heterocycles. The molecule has 0 aliphatic carbocycles. The molecular weight excluding hydrogens is 463 g/mol. The summed E-state index contributed by atoms with van der Waals surface area (Å²) in [7, 11) is 0. The predicted molar refractivity (Wildman–Crippen MR) is 114 cm³/mol. The van der Waals surface area contributed by atoms with Gasteiger partial charge in [0.2, 0.25) is 0 Å². The van der Waals surface area contributed by atoms with E-state index in [4.69, 9.17) is 11.6 Å². The Morgan fingerprint density at radius 2 is 2.00 bits per heavy atom. The number of pyridine rings is 1. The lowest BCUT2D eigenvalue weighted by molar-refractivity contribution is -0.142. The number of aromatic nitrogens is 3. The Morgan fingerprint density at radius 3 is 2.67 bits per heavy atom. The standard InChI is InChI=1S/C21H19ClF3N5O3/c1-12-9-28(4-5-30(12)20(32)33)19(31)13-2-3-15-16(22)7-17(27-18(15)6-13)14-8-26-29(10-14)11-21(23,24)25/h2-3,6-8,10,12H,4-5,9,11H2,1H3,(H,32,33)/t12-/m0/s1. The maximum absolute atomic E-state index is 13.0. The zero-order chi connectivity index (χ0) is 23.9. The van der Waals surface area contributed by atoms with E-state index >= 15 is 0 Å². The van der Waals surface area contributed by atoms with Gasteiger partial charge in [-0.25, -0.2) is 9.78 Å². The molecule has 12 heteroatoms. The third-order valence-electron chi connectivity index (χ3n) is 5.44. The number of alkyl halides is 3. The van der Waals surface area contributed by atoms with Crippen LogP contribution in [0.4, 0.5) is 18.0 Å². The summed E-state index contributed by atoms with van der Waals surface area (Å²) in [4.78, 5) is 31.6. The topological polar surface area (TPSA) is 91.6 Å². The Hall–Kier alpha value is -3.34. The minimum Gasteiger partial charge on any atom is -0.465 e. The smallest absolute Gasteiger partial charge is 0.408 e. The first-order valence-electron chi connectivity index (χ1n) is 10.0. The number of benzene rings is 1. The quantitative estimate of drug-likeness (QED) is 0.607. The Balaban J connectivity index is 1.61. The summed E-state index contributed by atoms with van der Waals surface area (Å²) >= 11 is 6.37. The van der Waals surface area contributed by atoms with Gasteiger partial charge in [-0.1, -0.05) is 17.7 Å². The summed E-state index contributed by atoms with van der Waals surface area (Å²) in [5.74, 6) is -0.268. The van der Waals surface area contributed by atoms with Crippen LogP contribution in [0.15, 0.2) is 36.7 Å². The van der Waals surface area contributed by atoms with Gasteiger partial charge in [0.25, 0.3) is 5.91 Å². The highest BCUT2D eigenvalue weighted by atomic mass is 35.5. The van der Waals surface area contributed by atoms with Crippen molar-refractivity contribution in [1.82, 2.24) is 24.6 Å². The fourth-order valence-corrected chi connectivity index (χ4v) is 4.10. The maximum Gasteiger partial charge on any atom is 0.408 e. The largest absolute Gasteiger partial charge is 0.465 e. The monoisotopic (exact) mass is 481 g/mol. The van der Waals surface area contributed by atoms with Gasteiger partial charge in [-0.15, -0.1) is 0 Å².